The van der Waals surface area contributed by atoms with E-state index in [4.69, 9.17) is 5.11 Å². The Hall–Kier alpha value is -0.570. The Balaban J connectivity index is 1.88. The van der Waals surface area contributed by atoms with Crippen LogP contribution in [0, 0.1) is 17.8 Å². The molecule has 2 saturated carbocycles. The second kappa shape index (κ2) is 3.78. The lowest BCUT2D eigenvalue weighted by Crippen LogP contribution is -2.47. The Morgan fingerprint density at radius 1 is 1.33 bits per heavy atom. The molecule has 2 atom stereocenters. The van der Waals surface area contributed by atoms with Crippen molar-refractivity contribution >= 4 is 5.91 Å². The average Bonchev–Trinajstić information content (AvgIpc) is 2.91. The lowest BCUT2D eigenvalue weighted by molar-refractivity contribution is -0.125. The summed E-state index contributed by atoms with van der Waals surface area (Å²) in [5, 5.41) is 12.0. The standard InChI is InChI=1S/C12H21NO2/c1-12(2,7-14)13-11(15)10-8-5-3-4-6-9(8)10/h8-10,14H,3-7H2,1-2H3,(H,13,15). The van der Waals surface area contributed by atoms with E-state index in [1.165, 1.54) is 25.7 Å². The van der Waals surface area contributed by atoms with Gasteiger partial charge in [-0.25, -0.2) is 0 Å². The predicted octanol–water partition coefficient (Wildman–Crippen LogP) is 1.31. The van der Waals surface area contributed by atoms with Gasteiger partial charge in [0.05, 0.1) is 12.1 Å². The van der Waals surface area contributed by atoms with Crippen LogP contribution in [0.1, 0.15) is 39.5 Å². The summed E-state index contributed by atoms with van der Waals surface area (Å²) in [5.41, 5.74) is -0.469. The zero-order chi connectivity index (χ0) is 11.1. The Morgan fingerprint density at radius 2 is 1.87 bits per heavy atom. The van der Waals surface area contributed by atoms with Gasteiger partial charge in [-0.05, 0) is 38.5 Å². The summed E-state index contributed by atoms with van der Waals surface area (Å²) < 4.78 is 0. The summed E-state index contributed by atoms with van der Waals surface area (Å²) in [7, 11) is 0. The number of hydrogen-bond acceptors (Lipinski definition) is 2. The lowest BCUT2D eigenvalue weighted by atomic mass is 10.0. The van der Waals surface area contributed by atoms with E-state index in [1.54, 1.807) is 0 Å². The van der Waals surface area contributed by atoms with Gasteiger partial charge < -0.3 is 10.4 Å². The minimum absolute atomic E-state index is 0.000787. The maximum Gasteiger partial charge on any atom is 0.224 e. The summed E-state index contributed by atoms with van der Waals surface area (Å²) in [6, 6.07) is 0. The third-order valence-corrected chi connectivity index (χ3v) is 3.82. The minimum Gasteiger partial charge on any atom is -0.394 e. The summed E-state index contributed by atoms with van der Waals surface area (Å²) in [6.07, 6.45) is 5.02. The zero-order valence-electron chi connectivity index (χ0n) is 9.62. The Morgan fingerprint density at radius 3 is 2.33 bits per heavy atom. The Kier molecular flexibility index (Phi) is 2.75. The molecule has 0 aromatic carbocycles. The normalized spacial score (nSPS) is 34.5. The summed E-state index contributed by atoms with van der Waals surface area (Å²) >= 11 is 0. The van der Waals surface area contributed by atoms with Gasteiger partial charge in [0, 0.05) is 5.92 Å². The van der Waals surface area contributed by atoms with Crippen LogP contribution >= 0.6 is 0 Å². The monoisotopic (exact) mass is 211 g/mol. The summed E-state index contributed by atoms with van der Waals surface area (Å²) in [6.45, 7) is 3.72. The molecule has 3 nitrogen and oxygen atoms in total. The number of rotatable bonds is 3. The van der Waals surface area contributed by atoms with Gasteiger partial charge in [-0.2, -0.15) is 0 Å². The van der Waals surface area contributed by atoms with Crippen LogP contribution in [-0.2, 0) is 4.79 Å². The van der Waals surface area contributed by atoms with E-state index in [1.807, 2.05) is 13.8 Å². The van der Waals surface area contributed by atoms with E-state index in [0.717, 1.165) is 0 Å². The minimum atomic E-state index is -0.469. The van der Waals surface area contributed by atoms with Crippen molar-refractivity contribution in [2.45, 2.75) is 45.1 Å². The molecular weight excluding hydrogens is 190 g/mol. The number of amides is 1. The molecule has 0 aliphatic heterocycles. The highest BCUT2D eigenvalue weighted by molar-refractivity contribution is 5.82. The maximum atomic E-state index is 11.9. The van der Waals surface area contributed by atoms with Gasteiger partial charge >= 0.3 is 0 Å². The van der Waals surface area contributed by atoms with Gasteiger partial charge in [0.2, 0.25) is 5.91 Å². The highest BCUT2D eigenvalue weighted by atomic mass is 16.3. The molecule has 0 aromatic rings. The zero-order valence-corrected chi connectivity index (χ0v) is 9.62. The van der Waals surface area contributed by atoms with Crippen LogP contribution in [0.5, 0.6) is 0 Å². The molecule has 1 amide bonds. The molecule has 15 heavy (non-hydrogen) atoms. The SMILES string of the molecule is CC(C)(CO)NC(=O)C1C2CCCCC21. The van der Waals surface area contributed by atoms with Crippen LogP contribution in [0.2, 0.25) is 0 Å². The van der Waals surface area contributed by atoms with E-state index in [0.29, 0.717) is 11.8 Å². The second-order valence-electron chi connectivity index (χ2n) is 5.67. The van der Waals surface area contributed by atoms with Crippen LogP contribution < -0.4 is 5.32 Å². The van der Waals surface area contributed by atoms with Gasteiger partial charge in [-0.1, -0.05) is 12.8 Å². The molecule has 3 heteroatoms. The predicted molar refractivity (Wildman–Crippen MR) is 58.2 cm³/mol. The van der Waals surface area contributed by atoms with Crippen LogP contribution in [0.15, 0.2) is 0 Å². The van der Waals surface area contributed by atoms with E-state index in [-0.39, 0.29) is 18.4 Å². The van der Waals surface area contributed by atoms with Crippen molar-refractivity contribution in [3.63, 3.8) is 0 Å². The van der Waals surface area contributed by atoms with Gasteiger partial charge in [0.25, 0.3) is 0 Å². The number of carbonyl (C=O) groups is 1. The second-order valence-corrected chi connectivity index (χ2v) is 5.67. The first-order valence-corrected chi connectivity index (χ1v) is 5.98. The van der Waals surface area contributed by atoms with Gasteiger partial charge in [0.1, 0.15) is 0 Å². The molecule has 2 fully saturated rings. The van der Waals surface area contributed by atoms with Crippen molar-refractivity contribution in [2.24, 2.45) is 17.8 Å². The first-order valence-electron chi connectivity index (χ1n) is 5.98. The van der Waals surface area contributed by atoms with Crippen LogP contribution in [0.4, 0.5) is 0 Å². The van der Waals surface area contributed by atoms with E-state index < -0.39 is 5.54 Å². The van der Waals surface area contributed by atoms with E-state index in [2.05, 4.69) is 5.32 Å². The molecule has 0 spiro atoms. The van der Waals surface area contributed by atoms with Crippen molar-refractivity contribution in [1.82, 2.24) is 5.32 Å². The van der Waals surface area contributed by atoms with Crippen LogP contribution in [0.25, 0.3) is 0 Å². The van der Waals surface area contributed by atoms with E-state index >= 15 is 0 Å². The quantitative estimate of drug-likeness (QED) is 0.739. The highest BCUT2D eigenvalue weighted by Crippen LogP contribution is 2.55. The van der Waals surface area contributed by atoms with Crippen molar-refractivity contribution in [3.8, 4) is 0 Å². The molecule has 0 aromatic heterocycles. The molecule has 86 valence electrons. The molecule has 0 bridgehead atoms. The summed E-state index contributed by atoms with van der Waals surface area (Å²) in [5.74, 6) is 1.70. The largest absolute Gasteiger partial charge is 0.394 e. The van der Waals surface area contributed by atoms with Crippen molar-refractivity contribution in [1.29, 1.82) is 0 Å². The van der Waals surface area contributed by atoms with Crippen molar-refractivity contribution in [2.75, 3.05) is 6.61 Å². The number of nitrogens with one attached hydrogen (secondary N) is 1. The third kappa shape index (κ3) is 2.17. The van der Waals surface area contributed by atoms with Gasteiger partial charge in [-0.3, -0.25) is 4.79 Å². The Bertz CT molecular complexity index is 250. The maximum absolute atomic E-state index is 11.9. The lowest BCUT2D eigenvalue weighted by Gasteiger charge is -2.23. The first-order chi connectivity index (χ1) is 7.05. The van der Waals surface area contributed by atoms with Crippen LogP contribution in [0.3, 0.4) is 0 Å². The first kappa shape index (κ1) is 10.9. The molecule has 2 unspecified atom stereocenters. The van der Waals surface area contributed by atoms with Crippen LogP contribution in [-0.4, -0.2) is 23.2 Å². The molecule has 2 aliphatic carbocycles. The van der Waals surface area contributed by atoms with Gasteiger partial charge in [-0.15, -0.1) is 0 Å². The number of aliphatic hydroxyl groups excluding tert-OH is 1. The third-order valence-electron chi connectivity index (χ3n) is 3.82. The molecular formula is C12H21NO2. The Labute approximate surface area is 91.2 Å². The fraction of sp³-hybridized carbons (Fsp3) is 0.917. The molecule has 2 rings (SSSR count). The summed E-state index contributed by atoms with van der Waals surface area (Å²) in [4.78, 5) is 11.9. The van der Waals surface area contributed by atoms with Crippen molar-refractivity contribution in [3.05, 3.63) is 0 Å². The fourth-order valence-corrected chi connectivity index (χ4v) is 2.84. The molecule has 0 saturated heterocycles. The molecule has 0 heterocycles. The molecule has 0 radical (unpaired) electrons. The topological polar surface area (TPSA) is 49.3 Å². The highest BCUT2D eigenvalue weighted by Gasteiger charge is 2.55. The number of carbonyl (C=O) groups excluding carboxylic acids is 1. The average molecular weight is 211 g/mol. The smallest absolute Gasteiger partial charge is 0.224 e. The fourth-order valence-electron chi connectivity index (χ4n) is 2.84. The number of aliphatic hydroxyl groups is 1. The van der Waals surface area contributed by atoms with E-state index in [9.17, 15) is 4.79 Å². The number of fused-ring (bicyclic) bond motifs is 1. The molecule has 2 N–H and O–H groups in total. The van der Waals surface area contributed by atoms with Crippen molar-refractivity contribution < 1.29 is 9.90 Å². The molecule has 2 aliphatic rings. The van der Waals surface area contributed by atoms with Gasteiger partial charge in [0.15, 0.2) is 0 Å². The number of hydrogen-bond donors (Lipinski definition) is 2.